The molecule has 1 aromatic carbocycles. The number of aliphatic hydroxyl groups excluding tert-OH is 1. The molecule has 0 spiro atoms. The summed E-state index contributed by atoms with van der Waals surface area (Å²) in [7, 11) is 0. The van der Waals surface area contributed by atoms with Crippen molar-refractivity contribution in [2.75, 3.05) is 52.4 Å². The number of hydrogen-bond acceptors (Lipinski definition) is 5. The van der Waals surface area contributed by atoms with E-state index in [1.165, 1.54) is 5.56 Å². The van der Waals surface area contributed by atoms with E-state index in [0.717, 1.165) is 65.2 Å². The van der Waals surface area contributed by atoms with Crippen LogP contribution in [0.15, 0.2) is 30.3 Å². The molecule has 0 aliphatic carbocycles. The van der Waals surface area contributed by atoms with Gasteiger partial charge in [0.25, 0.3) is 0 Å². The standard InChI is InChI=1S/C21H34N4O2/c1-18(25-13-11-23(12-14-25)15-16-26)21(27)22-20-7-9-24(10-8-20)17-19-5-3-2-4-6-19/h2-6,18,20,26H,7-17H2,1H3,(H,22,27). The molecule has 6 heteroatoms. The first-order valence-electron chi connectivity index (χ1n) is 10.3. The summed E-state index contributed by atoms with van der Waals surface area (Å²) in [5.41, 5.74) is 1.36. The average Bonchev–Trinajstić information content (AvgIpc) is 2.70. The Hall–Kier alpha value is -1.47. The monoisotopic (exact) mass is 374 g/mol. The molecule has 0 saturated carbocycles. The van der Waals surface area contributed by atoms with E-state index in [-0.39, 0.29) is 18.6 Å². The number of carbonyl (C=O) groups excluding carboxylic acids is 1. The summed E-state index contributed by atoms with van der Waals surface area (Å²) in [5.74, 6) is 0.159. The molecule has 3 rings (SSSR count). The molecular weight excluding hydrogens is 340 g/mol. The van der Waals surface area contributed by atoms with E-state index in [1.54, 1.807) is 0 Å². The van der Waals surface area contributed by atoms with E-state index in [2.05, 4.69) is 50.3 Å². The highest BCUT2D eigenvalue weighted by molar-refractivity contribution is 5.81. The lowest BCUT2D eigenvalue weighted by Gasteiger charge is -2.38. The van der Waals surface area contributed by atoms with Gasteiger partial charge in [0, 0.05) is 58.4 Å². The maximum atomic E-state index is 12.7. The third-order valence-electron chi connectivity index (χ3n) is 5.93. The number of nitrogens with zero attached hydrogens (tertiary/aromatic N) is 3. The highest BCUT2D eigenvalue weighted by Crippen LogP contribution is 2.15. The normalized spacial score (nSPS) is 21.9. The van der Waals surface area contributed by atoms with Gasteiger partial charge in [-0.05, 0) is 25.3 Å². The fourth-order valence-corrected chi connectivity index (χ4v) is 4.08. The van der Waals surface area contributed by atoms with Crippen molar-refractivity contribution in [3.63, 3.8) is 0 Å². The molecule has 2 N–H and O–H groups in total. The van der Waals surface area contributed by atoms with E-state index >= 15 is 0 Å². The molecule has 0 aromatic heterocycles. The van der Waals surface area contributed by atoms with Crippen molar-refractivity contribution in [3.05, 3.63) is 35.9 Å². The van der Waals surface area contributed by atoms with Crippen LogP contribution in [0.5, 0.6) is 0 Å². The second kappa shape index (κ2) is 10.2. The van der Waals surface area contributed by atoms with E-state index in [1.807, 2.05) is 6.92 Å². The van der Waals surface area contributed by atoms with Crippen LogP contribution in [0.3, 0.4) is 0 Å². The zero-order valence-electron chi connectivity index (χ0n) is 16.5. The molecule has 1 aromatic rings. The highest BCUT2D eigenvalue weighted by atomic mass is 16.3. The van der Waals surface area contributed by atoms with Gasteiger partial charge in [-0.1, -0.05) is 30.3 Å². The minimum absolute atomic E-state index is 0.0800. The molecule has 1 unspecified atom stereocenters. The molecule has 2 aliphatic heterocycles. The predicted molar refractivity (Wildman–Crippen MR) is 107 cm³/mol. The smallest absolute Gasteiger partial charge is 0.237 e. The molecule has 27 heavy (non-hydrogen) atoms. The number of β-amino-alcohol motifs (C(OH)–C–C–N with tert-alkyl or cyclic N) is 1. The van der Waals surface area contributed by atoms with Crippen LogP contribution in [0.4, 0.5) is 0 Å². The Morgan fingerprint density at radius 2 is 1.74 bits per heavy atom. The number of likely N-dealkylation sites (tertiary alicyclic amines) is 1. The van der Waals surface area contributed by atoms with Gasteiger partial charge in [-0.3, -0.25) is 19.5 Å². The Morgan fingerprint density at radius 1 is 1.07 bits per heavy atom. The lowest BCUT2D eigenvalue weighted by atomic mass is 10.0. The number of amides is 1. The third-order valence-corrected chi connectivity index (χ3v) is 5.93. The Morgan fingerprint density at radius 3 is 2.37 bits per heavy atom. The molecule has 2 heterocycles. The van der Waals surface area contributed by atoms with Crippen LogP contribution < -0.4 is 5.32 Å². The van der Waals surface area contributed by atoms with E-state index in [0.29, 0.717) is 6.04 Å². The van der Waals surface area contributed by atoms with Crippen LogP contribution in [0.25, 0.3) is 0 Å². The van der Waals surface area contributed by atoms with Crippen molar-refractivity contribution in [2.45, 2.75) is 38.4 Å². The number of hydrogen-bond donors (Lipinski definition) is 2. The van der Waals surface area contributed by atoms with Crippen LogP contribution >= 0.6 is 0 Å². The molecule has 150 valence electrons. The van der Waals surface area contributed by atoms with Crippen LogP contribution in [0, 0.1) is 0 Å². The highest BCUT2D eigenvalue weighted by Gasteiger charge is 2.28. The van der Waals surface area contributed by atoms with Gasteiger partial charge in [-0.2, -0.15) is 0 Å². The average molecular weight is 375 g/mol. The molecular formula is C21H34N4O2. The summed E-state index contributed by atoms with van der Waals surface area (Å²) in [4.78, 5) is 19.7. The van der Waals surface area contributed by atoms with Crippen molar-refractivity contribution in [3.8, 4) is 0 Å². The summed E-state index contributed by atoms with van der Waals surface area (Å²) < 4.78 is 0. The van der Waals surface area contributed by atoms with Crippen LogP contribution in [-0.2, 0) is 11.3 Å². The Labute approximate surface area is 163 Å². The topological polar surface area (TPSA) is 59.1 Å². The second-order valence-electron chi connectivity index (χ2n) is 7.82. The predicted octanol–water partition coefficient (Wildman–Crippen LogP) is 0.766. The van der Waals surface area contributed by atoms with Gasteiger partial charge in [-0.25, -0.2) is 0 Å². The number of rotatable bonds is 7. The lowest BCUT2D eigenvalue weighted by Crippen LogP contribution is -2.56. The maximum absolute atomic E-state index is 12.7. The second-order valence-corrected chi connectivity index (χ2v) is 7.82. The molecule has 2 aliphatic rings. The number of nitrogens with one attached hydrogen (secondary N) is 1. The van der Waals surface area contributed by atoms with Gasteiger partial charge in [0.15, 0.2) is 0 Å². The molecule has 2 fully saturated rings. The summed E-state index contributed by atoms with van der Waals surface area (Å²) in [6.07, 6.45) is 2.05. The van der Waals surface area contributed by atoms with Crippen LogP contribution in [0.2, 0.25) is 0 Å². The Kier molecular flexibility index (Phi) is 7.64. The van der Waals surface area contributed by atoms with E-state index in [9.17, 15) is 4.79 Å². The zero-order chi connectivity index (χ0) is 19.1. The van der Waals surface area contributed by atoms with Gasteiger partial charge < -0.3 is 10.4 Å². The summed E-state index contributed by atoms with van der Waals surface area (Å²) in [5, 5.41) is 12.3. The minimum Gasteiger partial charge on any atom is -0.395 e. The minimum atomic E-state index is -0.0800. The summed E-state index contributed by atoms with van der Waals surface area (Å²) in [6.45, 7) is 9.66. The fraction of sp³-hybridized carbons (Fsp3) is 0.667. The maximum Gasteiger partial charge on any atom is 0.237 e. The van der Waals surface area contributed by atoms with Gasteiger partial charge >= 0.3 is 0 Å². The molecule has 0 radical (unpaired) electrons. The zero-order valence-corrected chi connectivity index (χ0v) is 16.5. The molecule has 6 nitrogen and oxygen atoms in total. The van der Waals surface area contributed by atoms with Crippen LogP contribution in [-0.4, -0.2) is 90.2 Å². The SMILES string of the molecule is CC(C(=O)NC1CCN(Cc2ccccc2)CC1)N1CCN(CCO)CC1. The van der Waals surface area contributed by atoms with Crippen LogP contribution in [0.1, 0.15) is 25.3 Å². The van der Waals surface area contributed by atoms with Crippen molar-refractivity contribution in [1.29, 1.82) is 0 Å². The quantitative estimate of drug-likeness (QED) is 0.738. The number of benzene rings is 1. The van der Waals surface area contributed by atoms with E-state index < -0.39 is 0 Å². The largest absolute Gasteiger partial charge is 0.395 e. The number of carbonyl (C=O) groups is 1. The number of aliphatic hydroxyl groups is 1. The van der Waals surface area contributed by atoms with Gasteiger partial charge in [0.05, 0.1) is 12.6 Å². The first-order valence-corrected chi connectivity index (χ1v) is 10.3. The fourth-order valence-electron chi connectivity index (χ4n) is 4.08. The summed E-state index contributed by atoms with van der Waals surface area (Å²) in [6, 6.07) is 10.8. The number of piperidine rings is 1. The van der Waals surface area contributed by atoms with Gasteiger partial charge in [-0.15, -0.1) is 0 Å². The molecule has 1 atom stereocenters. The van der Waals surface area contributed by atoms with Gasteiger partial charge in [0.2, 0.25) is 5.91 Å². The van der Waals surface area contributed by atoms with E-state index in [4.69, 9.17) is 5.11 Å². The van der Waals surface area contributed by atoms with Gasteiger partial charge in [0.1, 0.15) is 0 Å². The lowest BCUT2D eigenvalue weighted by molar-refractivity contribution is -0.127. The molecule has 1 amide bonds. The molecule has 2 saturated heterocycles. The van der Waals surface area contributed by atoms with Crippen molar-refractivity contribution < 1.29 is 9.90 Å². The Balaban J connectivity index is 1.37. The van der Waals surface area contributed by atoms with Crippen molar-refractivity contribution in [1.82, 2.24) is 20.0 Å². The first kappa shape index (κ1) is 20.3. The van der Waals surface area contributed by atoms with Crippen molar-refractivity contribution in [2.24, 2.45) is 0 Å². The molecule has 0 bridgehead atoms. The third kappa shape index (κ3) is 6.01. The van der Waals surface area contributed by atoms with Crippen molar-refractivity contribution >= 4 is 5.91 Å². The summed E-state index contributed by atoms with van der Waals surface area (Å²) >= 11 is 0. The first-order chi connectivity index (χ1) is 13.2. The number of piperazine rings is 1. The Bertz CT molecular complexity index is 567.